The van der Waals surface area contributed by atoms with Crippen LogP contribution in [0.3, 0.4) is 0 Å². The molecular weight excluding hydrogens is 282 g/mol. The van der Waals surface area contributed by atoms with E-state index in [0.29, 0.717) is 0 Å². The fraction of sp³-hybridized carbons (Fsp3) is 0.143. The van der Waals surface area contributed by atoms with Crippen LogP contribution in [0.1, 0.15) is 5.56 Å². The molecule has 0 saturated carbocycles. The fourth-order valence-corrected chi connectivity index (χ4v) is 1.58. The quantitative estimate of drug-likeness (QED) is 0.501. The molecule has 0 bridgehead atoms. The van der Waals surface area contributed by atoms with Crippen LogP contribution in [-0.2, 0) is 0 Å². The SMILES string of the molecule is Cc1c(Cl)ccc(I)c1Cl. The van der Waals surface area contributed by atoms with E-state index in [9.17, 15) is 0 Å². The van der Waals surface area contributed by atoms with Crippen LogP contribution in [-0.4, -0.2) is 0 Å². The van der Waals surface area contributed by atoms with Gasteiger partial charge in [0, 0.05) is 8.59 Å². The summed E-state index contributed by atoms with van der Waals surface area (Å²) in [7, 11) is 0. The second-order valence-corrected chi connectivity index (χ2v) is 3.92. The molecule has 0 aliphatic heterocycles. The molecule has 0 spiro atoms. The molecule has 0 radical (unpaired) electrons. The zero-order chi connectivity index (χ0) is 7.72. The molecule has 0 atom stereocenters. The summed E-state index contributed by atoms with van der Waals surface area (Å²) < 4.78 is 1.04. The highest BCUT2D eigenvalue weighted by atomic mass is 127. The van der Waals surface area contributed by atoms with Crippen molar-refractivity contribution in [3.8, 4) is 0 Å². The highest BCUT2D eigenvalue weighted by Gasteiger charge is 2.02. The van der Waals surface area contributed by atoms with Crippen molar-refractivity contribution >= 4 is 45.8 Å². The number of hydrogen-bond donors (Lipinski definition) is 0. The molecule has 1 rings (SSSR count). The predicted molar refractivity (Wildman–Crippen MR) is 53.9 cm³/mol. The van der Waals surface area contributed by atoms with Crippen LogP contribution in [0.5, 0.6) is 0 Å². The highest BCUT2D eigenvalue weighted by Crippen LogP contribution is 2.27. The van der Waals surface area contributed by atoms with E-state index in [1.165, 1.54) is 0 Å². The smallest absolute Gasteiger partial charge is 0.0583 e. The predicted octanol–water partition coefficient (Wildman–Crippen LogP) is 3.91. The van der Waals surface area contributed by atoms with Crippen molar-refractivity contribution < 1.29 is 0 Å². The number of halogens is 3. The summed E-state index contributed by atoms with van der Waals surface area (Å²) in [6, 6.07) is 3.75. The lowest BCUT2D eigenvalue weighted by Gasteiger charge is -2.01. The summed E-state index contributed by atoms with van der Waals surface area (Å²) in [6.07, 6.45) is 0. The topological polar surface area (TPSA) is 0 Å². The van der Waals surface area contributed by atoms with Gasteiger partial charge in [0.15, 0.2) is 0 Å². The standard InChI is InChI=1S/C7H5Cl2I/c1-4-5(8)2-3-6(10)7(4)9/h2-3H,1H3. The molecule has 54 valence electrons. The van der Waals surface area contributed by atoms with E-state index in [4.69, 9.17) is 23.2 Å². The summed E-state index contributed by atoms with van der Waals surface area (Å²) in [5.74, 6) is 0. The summed E-state index contributed by atoms with van der Waals surface area (Å²) >= 11 is 13.9. The van der Waals surface area contributed by atoms with Crippen molar-refractivity contribution in [2.75, 3.05) is 0 Å². The minimum atomic E-state index is 0.727. The van der Waals surface area contributed by atoms with E-state index in [2.05, 4.69) is 22.6 Å². The maximum absolute atomic E-state index is 5.89. The minimum absolute atomic E-state index is 0.727. The first-order chi connectivity index (χ1) is 4.63. The molecular formula is C7H5Cl2I. The Morgan fingerprint density at radius 2 is 1.90 bits per heavy atom. The Morgan fingerprint density at radius 3 is 2.40 bits per heavy atom. The average Bonchev–Trinajstić information content (AvgIpc) is 1.93. The van der Waals surface area contributed by atoms with Crippen LogP contribution in [0, 0.1) is 10.5 Å². The molecule has 1 aromatic carbocycles. The Bertz CT molecular complexity index is 231. The van der Waals surface area contributed by atoms with Crippen molar-refractivity contribution in [1.82, 2.24) is 0 Å². The fourth-order valence-electron chi connectivity index (χ4n) is 0.628. The van der Waals surface area contributed by atoms with Gasteiger partial charge in [-0.15, -0.1) is 0 Å². The van der Waals surface area contributed by atoms with Crippen LogP contribution in [0.25, 0.3) is 0 Å². The third kappa shape index (κ3) is 1.57. The van der Waals surface area contributed by atoms with Gasteiger partial charge in [-0.1, -0.05) is 23.2 Å². The lowest BCUT2D eigenvalue weighted by molar-refractivity contribution is 1.45. The molecule has 0 nitrogen and oxygen atoms in total. The van der Waals surface area contributed by atoms with Crippen molar-refractivity contribution in [2.24, 2.45) is 0 Å². The van der Waals surface area contributed by atoms with Gasteiger partial charge in [0.1, 0.15) is 0 Å². The Labute approximate surface area is 83.7 Å². The molecule has 0 saturated heterocycles. The average molecular weight is 287 g/mol. The first-order valence-electron chi connectivity index (χ1n) is 2.73. The Morgan fingerprint density at radius 1 is 1.30 bits per heavy atom. The van der Waals surface area contributed by atoms with Gasteiger partial charge in [-0.2, -0.15) is 0 Å². The van der Waals surface area contributed by atoms with E-state index in [1.54, 1.807) is 0 Å². The number of rotatable bonds is 0. The monoisotopic (exact) mass is 286 g/mol. The Kier molecular flexibility index (Phi) is 2.83. The summed E-state index contributed by atoms with van der Waals surface area (Å²) in [4.78, 5) is 0. The minimum Gasteiger partial charge on any atom is -0.0840 e. The van der Waals surface area contributed by atoms with Gasteiger partial charge in [0.2, 0.25) is 0 Å². The van der Waals surface area contributed by atoms with Crippen LogP contribution in [0.15, 0.2) is 12.1 Å². The first kappa shape index (κ1) is 8.62. The summed E-state index contributed by atoms with van der Waals surface area (Å²) in [5, 5.41) is 1.48. The first-order valence-corrected chi connectivity index (χ1v) is 4.56. The van der Waals surface area contributed by atoms with Gasteiger partial charge in [0.25, 0.3) is 0 Å². The van der Waals surface area contributed by atoms with Gasteiger partial charge in [-0.3, -0.25) is 0 Å². The molecule has 10 heavy (non-hydrogen) atoms. The molecule has 0 unspecified atom stereocenters. The van der Waals surface area contributed by atoms with Crippen molar-refractivity contribution in [1.29, 1.82) is 0 Å². The molecule has 3 heteroatoms. The Balaban J connectivity index is 3.34. The summed E-state index contributed by atoms with van der Waals surface area (Å²) in [6.45, 7) is 1.91. The third-order valence-electron chi connectivity index (χ3n) is 1.27. The third-order valence-corrected chi connectivity index (χ3v) is 3.39. The van der Waals surface area contributed by atoms with Gasteiger partial charge >= 0.3 is 0 Å². The van der Waals surface area contributed by atoms with Gasteiger partial charge < -0.3 is 0 Å². The highest BCUT2D eigenvalue weighted by molar-refractivity contribution is 14.1. The molecule has 0 fully saturated rings. The number of benzene rings is 1. The lowest BCUT2D eigenvalue weighted by atomic mass is 10.2. The largest absolute Gasteiger partial charge is 0.0840 e. The second kappa shape index (κ2) is 3.28. The zero-order valence-corrected chi connectivity index (χ0v) is 8.96. The Hall–Kier alpha value is 0.530. The van der Waals surface area contributed by atoms with Crippen molar-refractivity contribution in [3.63, 3.8) is 0 Å². The maximum atomic E-state index is 5.89. The normalized spacial score (nSPS) is 10.0. The molecule has 0 amide bonds. The van der Waals surface area contributed by atoms with Crippen LogP contribution in [0.4, 0.5) is 0 Å². The van der Waals surface area contributed by atoms with Crippen molar-refractivity contribution in [3.05, 3.63) is 31.3 Å². The molecule has 0 aliphatic carbocycles. The lowest BCUT2D eigenvalue weighted by Crippen LogP contribution is -1.80. The van der Waals surface area contributed by atoms with Crippen LogP contribution in [0.2, 0.25) is 10.0 Å². The van der Waals surface area contributed by atoms with E-state index in [-0.39, 0.29) is 0 Å². The zero-order valence-electron chi connectivity index (χ0n) is 5.29. The number of hydrogen-bond acceptors (Lipinski definition) is 0. The van der Waals surface area contributed by atoms with Crippen LogP contribution < -0.4 is 0 Å². The maximum Gasteiger partial charge on any atom is 0.0583 e. The van der Waals surface area contributed by atoms with E-state index >= 15 is 0 Å². The molecule has 1 aromatic rings. The van der Waals surface area contributed by atoms with Crippen LogP contribution >= 0.6 is 45.8 Å². The molecule has 0 aliphatic rings. The molecule has 0 heterocycles. The molecule has 0 aromatic heterocycles. The van der Waals surface area contributed by atoms with E-state index in [1.807, 2.05) is 19.1 Å². The van der Waals surface area contributed by atoms with Crippen molar-refractivity contribution in [2.45, 2.75) is 6.92 Å². The summed E-state index contributed by atoms with van der Waals surface area (Å²) in [5.41, 5.74) is 0.954. The van der Waals surface area contributed by atoms with Gasteiger partial charge in [-0.25, -0.2) is 0 Å². The van der Waals surface area contributed by atoms with E-state index < -0.39 is 0 Å². The molecule has 0 N–H and O–H groups in total. The van der Waals surface area contributed by atoms with E-state index in [0.717, 1.165) is 19.2 Å². The van der Waals surface area contributed by atoms with Gasteiger partial charge in [0.05, 0.1) is 5.02 Å². The second-order valence-electron chi connectivity index (χ2n) is 1.97. The van der Waals surface area contributed by atoms with Gasteiger partial charge in [-0.05, 0) is 47.2 Å².